The number of ether oxygens (including phenoxy) is 3. The Morgan fingerprint density at radius 1 is 1.14 bits per heavy atom. The van der Waals surface area contributed by atoms with Gasteiger partial charge in [-0.15, -0.1) is 0 Å². The van der Waals surface area contributed by atoms with Gasteiger partial charge in [-0.25, -0.2) is 9.59 Å². The monoisotopic (exact) mass is 591 g/mol. The average Bonchev–Trinajstić information content (AvgIpc) is 3.41. The lowest BCUT2D eigenvalue weighted by atomic mass is 9.46. The highest BCUT2D eigenvalue weighted by Crippen LogP contribution is 2.62. The van der Waals surface area contributed by atoms with Crippen LogP contribution in [0.1, 0.15) is 108 Å². The molecule has 5 atom stereocenters. The van der Waals surface area contributed by atoms with Gasteiger partial charge in [-0.1, -0.05) is 83.6 Å². The first-order valence-electron chi connectivity index (χ1n) is 16.2. The van der Waals surface area contributed by atoms with Crippen molar-refractivity contribution in [2.75, 3.05) is 13.2 Å². The van der Waals surface area contributed by atoms with Crippen LogP contribution in [0, 0.1) is 22.7 Å². The molecule has 4 rings (SSSR count). The van der Waals surface area contributed by atoms with E-state index < -0.39 is 17.5 Å². The molecule has 2 saturated carbocycles. The number of hydrogen-bond donors (Lipinski definition) is 0. The quantitative estimate of drug-likeness (QED) is 0.0946. The number of carbonyl (C=O) groups excluding carboxylic acids is 3. The summed E-state index contributed by atoms with van der Waals surface area (Å²) < 4.78 is 17.3. The summed E-state index contributed by atoms with van der Waals surface area (Å²) in [4.78, 5) is 42.3. The predicted molar refractivity (Wildman–Crippen MR) is 166 cm³/mol. The molecule has 43 heavy (non-hydrogen) atoms. The number of cyclic esters (lactones) is 1. The molecule has 234 valence electrons. The second-order valence-electron chi connectivity index (χ2n) is 13.1. The van der Waals surface area contributed by atoms with Crippen molar-refractivity contribution >= 4 is 17.9 Å². The van der Waals surface area contributed by atoms with Gasteiger partial charge in [0, 0.05) is 30.1 Å². The number of aromatic nitrogens is 1. The maximum absolute atomic E-state index is 13.2. The number of unbranched alkanes of at least 4 members (excludes halogenated alkanes) is 6. The van der Waals surface area contributed by atoms with Crippen LogP contribution in [0.3, 0.4) is 0 Å². The van der Waals surface area contributed by atoms with Gasteiger partial charge in [0.15, 0.2) is 0 Å². The Hall–Kier alpha value is -3.22. The molecule has 0 amide bonds. The van der Waals surface area contributed by atoms with E-state index in [2.05, 4.69) is 38.4 Å². The van der Waals surface area contributed by atoms with E-state index >= 15 is 0 Å². The minimum Gasteiger partial charge on any atom is -0.465 e. The zero-order valence-electron chi connectivity index (χ0n) is 26.3. The number of esters is 3. The summed E-state index contributed by atoms with van der Waals surface area (Å²) in [5, 5.41) is 0. The van der Waals surface area contributed by atoms with Crippen LogP contribution < -0.4 is 0 Å². The Labute approximate surface area is 257 Å². The fraction of sp³-hybridized carbons (Fsp3) is 0.611. The molecule has 3 aliphatic rings. The highest BCUT2D eigenvalue weighted by atomic mass is 16.6. The van der Waals surface area contributed by atoms with E-state index in [4.69, 9.17) is 14.2 Å². The molecular formula is C36H49NO6. The van der Waals surface area contributed by atoms with Gasteiger partial charge in [-0.2, -0.15) is 0 Å². The zero-order valence-corrected chi connectivity index (χ0v) is 26.3. The molecule has 2 heterocycles. The highest BCUT2D eigenvalue weighted by molar-refractivity contribution is 5.93. The molecule has 0 unspecified atom stereocenters. The fourth-order valence-electron chi connectivity index (χ4n) is 7.58. The third-order valence-corrected chi connectivity index (χ3v) is 10.1. The van der Waals surface area contributed by atoms with Crippen molar-refractivity contribution in [3.63, 3.8) is 0 Å². The Morgan fingerprint density at radius 2 is 1.91 bits per heavy atom. The second-order valence-corrected chi connectivity index (χ2v) is 13.1. The van der Waals surface area contributed by atoms with Crippen molar-refractivity contribution in [1.82, 2.24) is 4.98 Å². The van der Waals surface area contributed by atoms with Crippen LogP contribution in [-0.4, -0.2) is 42.2 Å². The molecule has 1 aliphatic heterocycles. The maximum Gasteiger partial charge on any atom is 0.339 e. The summed E-state index contributed by atoms with van der Waals surface area (Å²) >= 11 is 0. The van der Waals surface area contributed by atoms with Gasteiger partial charge in [0.25, 0.3) is 0 Å². The molecule has 0 spiro atoms. The normalized spacial score (nSPS) is 28.7. The lowest BCUT2D eigenvalue weighted by Gasteiger charge is -2.59. The fourth-order valence-corrected chi connectivity index (χ4v) is 7.58. The summed E-state index contributed by atoms with van der Waals surface area (Å²) in [5.74, 6) is -0.786. The van der Waals surface area contributed by atoms with Gasteiger partial charge in [0.1, 0.15) is 19.3 Å². The molecule has 1 aromatic rings. The molecule has 2 aliphatic carbocycles. The smallest absolute Gasteiger partial charge is 0.339 e. The summed E-state index contributed by atoms with van der Waals surface area (Å²) in [6.07, 6.45) is 20.0. The van der Waals surface area contributed by atoms with Gasteiger partial charge in [-0.3, -0.25) is 9.78 Å². The van der Waals surface area contributed by atoms with E-state index in [-0.39, 0.29) is 35.8 Å². The first-order valence-corrected chi connectivity index (χ1v) is 16.2. The largest absolute Gasteiger partial charge is 0.465 e. The number of fused-ring (bicyclic) bond motifs is 1. The highest BCUT2D eigenvalue weighted by Gasteiger charge is 2.59. The van der Waals surface area contributed by atoms with Crippen LogP contribution in [0.4, 0.5) is 0 Å². The number of nitrogens with zero attached hydrogens (tertiary/aromatic N) is 1. The van der Waals surface area contributed by atoms with E-state index in [0.29, 0.717) is 30.6 Å². The Bertz CT molecular complexity index is 1210. The van der Waals surface area contributed by atoms with Crippen molar-refractivity contribution < 1.29 is 28.6 Å². The summed E-state index contributed by atoms with van der Waals surface area (Å²) in [5.41, 5.74) is 1.29. The average molecular weight is 592 g/mol. The van der Waals surface area contributed by atoms with Crippen LogP contribution in [0.2, 0.25) is 0 Å². The predicted octanol–water partition coefficient (Wildman–Crippen LogP) is 7.72. The SMILES string of the molecule is C=C1CC[C@@H]2[C@](C)(COC(=O)CCCCCCCCC)[C@H](OC(=O)c3cccnc3)CC[C@@]2(C)[C@@H]1/C=C/C1=CCOC1=O. The lowest BCUT2D eigenvalue weighted by molar-refractivity contribution is -0.173. The minimum absolute atomic E-state index is 0.0262. The van der Waals surface area contributed by atoms with Crippen LogP contribution in [0.25, 0.3) is 0 Å². The molecule has 2 fully saturated rings. The minimum atomic E-state index is -0.598. The first-order chi connectivity index (χ1) is 20.7. The topological polar surface area (TPSA) is 91.8 Å². The van der Waals surface area contributed by atoms with Crippen LogP contribution in [-0.2, 0) is 23.8 Å². The molecule has 0 bridgehead atoms. The second kappa shape index (κ2) is 15.0. The third-order valence-electron chi connectivity index (χ3n) is 10.1. The van der Waals surface area contributed by atoms with Crippen molar-refractivity contribution in [1.29, 1.82) is 0 Å². The number of carbonyl (C=O) groups is 3. The van der Waals surface area contributed by atoms with E-state index in [1.807, 2.05) is 6.08 Å². The number of rotatable bonds is 14. The van der Waals surface area contributed by atoms with Gasteiger partial charge in [-0.05, 0) is 61.6 Å². The summed E-state index contributed by atoms with van der Waals surface area (Å²) in [7, 11) is 0. The first kappa shape index (κ1) is 32.7. The number of pyridine rings is 1. The zero-order chi connectivity index (χ0) is 30.9. The van der Waals surface area contributed by atoms with Gasteiger partial charge >= 0.3 is 17.9 Å². The molecule has 0 radical (unpaired) electrons. The van der Waals surface area contributed by atoms with E-state index in [1.54, 1.807) is 24.4 Å². The molecule has 0 N–H and O–H groups in total. The van der Waals surface area contributed by atoms with Crippen LogP contribution in [0.15, 0.2) is 60.5 Å². The van der Waals surface area contributed by atoms with Gasteiger partial charge in [0.05, 0.1) is 11.1 Å². The van der Waals surface area contributed by atoms with Crippen LogP contribution >= 0.6 is 0 Å². The van der Waals surface area contributed by atoms with Gasteiger partial charge < -0.3 is 14.2 Å². The summed E-state index contributed by atoms with van der Waals surface area (Å²) in [6, 6.07) is 3.43. The van der Waals surface area contributed by atoms with Crippen LogP contribution in [0.5, 0.6) is 0 Å². The molecule has 7 nitrogen and oxygen atoms in total. The lowest BCUT2D eigenvalue weighted by Crippen LogP contribution is -2.58. The molecule has 0 saturated heterocycles. The van der Waals surface area contributed by atoms with E-state index in [0.717, 1.165) is 44.1 Å². The van der Waals surface area contributed by atoms with E-state index in [1.165, 1.54) is 31.9 Å². The Balaban J connectivity index is 1.50. The van der Waals surface area contributed by atoms with Gasteiger partial charge in [0.2, 0.25) is 0 Å². The molecular weight excluding hydrogens is 542 g/mol. The third kappa shape index (κ3) is 7.84. The Kier molecular flexibility index (Phi) is 11.4. The number of allylic oxidation sites excluding steroid dienone is 2. The van der Waals surface area contributed by atoms with Crippen molar-refractivity contribution in [2.45, 2.75) is 104 Å². The van der Waals surface area contributed by atoms with Crippen molar-refractivity contribution in [3.8, 4) is 0 Å². The maximum atomic E-state index is 13.2. The van der Waals surface area contributed by atoms with Crippen molar-refractivity contribution in [3.05, 3.63) is 66.0 Å². The molecule has 7 heteroatoms. The van der Waals surface area contributed by atoms with E-state index in [9.17, 15) is 14.4 Å². The molecule has 0 aromatic carbocycles. The molecule has 1 aromatic heterocycles. The number of hydrogen-bond acceptors (Lipinski definition) is 7. The van der Waals surface area contributed by atoms with Crippen molar-refractivity contribution in [2.24, 2.45) is 22.7 Å². The Morgan fingerprint density at radius 3 is 2.60 bits per heavy atom. The standard InChI is InChI=1S/C36H49NO6/c1-5-6-7-8-9-10-11-14-32(38)42-25-36(4)30-18-15-26(2)29(17-16-27-20-23-41-33(27)39)35(30,3)21-19-31(36)43-34(40)28-13-12-22-37-24-28/h12-13,16-17,20,22,24,29-31H,2,5-11,14-15,18-19,21,23,25H2,1,3-4H3/b17-16+/t29-,30+,31-,35+,36+/m1/s1. The summed E-state index contributed by atoms with van der Waals surface area (Å²) in [6.45, 7) is 11.5.